The number of rotatable bonds is 15. The molecule has 11 nitrogen and oxygen atoms in total. The Morgan fingerprint density at radius 2 is 1.51 bits per heavy atom. The number of hydrogen-bond donors (Lipinski definition) is 4. The third-order valence-corrected chi connectivity index (χ3v) is 6.71. The largest absolute Gasteiger partial charge is 0.478 e. The van der Waals surface area contributed by atoms with Crippen LogP contribution < -0.4 is 20.7 Å². The standard InChI is InChI=1S/C30H37Cl2N3O8/c1-16(2)13-22(34-30(41)42-15-19-9-7-6-8-10-19)27(37)35-24(17(3)4)28(38)33-18(5)25(36)26(29(39)40)43-23-12-11-20(31)14-21(23)32/h6-12,14,16-18,22,24,26H,13,15H2,1-5H3,(H,33,38)(H,34,41)(H,35,37)(H,39,40)/t18-,22-,24-,26?/m0/s1. The summed E-state index contributed by atoms with van der Waals surface area (Å²) in [5.74, 6) is -4.40. The van der Waals surface area contributed by atoms with Gasteiger partial charge in [-0.25, -0.2) is 9.59 Å². The van der Waals surface area contributed by atoms with Gasteiger partial charge < -0.3 is 30.5 Å². The molecule has 13 heteroatoms. The molecule has 0 saturated heterocycles. The minimum Gasteiger partial charge on any atom is -0.478 e. The highest BCUT2D eigenvalue weighted by Gasteiger charge is 2.36. The Morgan fingerprint density at radius 3 is 2.07 bits per heavy atom. The van der Waals surface area contributed by atoms with Gasteiger partial charge in [-0.05, 0) is 48.9 Å². The van der Waals surface area contributed by atoms with Crippen LogP contribution in [0.1, 0.15) is 46.6 Å². The second-order valence-corrected chi connectivity index (χ2v) is 11.5. The van der Waals surface area contributed by atoms with Crippen molar-refractivity contribution in [2.24, 2.45) is 11.8 Å². The Kier molecular flexibility index (Phi) is 13.7. The Hall–Kier alpha value is -3.83. The van der Waals surface area contributed by atoms with Gasteiger partial charge in [0.05, 0.1) is 11.1 Å². The normalized spacial score (nSPS) is 13.8. The number of Topliss-reactive ketones (excluding diaryl/α,β-unsaturated/α-hetero) is 1. The fourth-order valence-electron chi connectivity index (χ4n) is 3.93. The van der Waals surface area contributed by atoms with Gasteiger partial charge in [0.25, 0.3) is 6.10 Å². The zero-order chi connectivity index (χ0) is 32.3. The lowest BCUT2D eigenvalue weighted by molar-refractivity contribution is -0.151. The number of ketones is 1. The van der Waals surface area contributed by atoms with Gasteiger partial charge in [-0.3, -0.25) is 14.4 Å². The van der Waals surface area contributed by atoms with Crippen LogP contribution >= 0.6 is 23.2 Å². The van der Waals surface area contributed by atoms with E-state index in [1.54, 1.807) is 38.1 Å². The average molecular weight is 639 g/mol. The molecule has 0 fully saturated rings. The number of carbonyl (C=O) groups excluding carboxylic acids is 4. The maximum atomic E-state index is 13.2. The Morgan fingerprint density at radius 1 is 0.860 bits per heavy atom. The van der Waals surface area contributed by atoms with Gasteiger partial charge >= 0.3 is 12.1 Å². The molecule has 2 aromatic rings. The van der Waals surface area contributed by atoms with Gasteiger partial charge in [0.2, 0.25) is 17.6 Å². The molecule has 4 N–H and O–H groups in total. The number of amides is 3. The number of hydrogen-bond acceptors (Lipinski definition) is 7. The van der Waals surface area contributed by atoms with Gasteiger partial charge in [0, 0.05) is 5.02 Å². The van der Waals surface area contributed by atoms with E-state index < -0.39 is 59.8 Å². The van der Waals surface area contributed by atoms with Crippen LogP contribution in [0.25, 0.3) is 0 Å². The average Bonchev–Trinajstić information content (AvgIpc) is 2.93. The van der Waals surface area contributed by atoms with Crippen LogP contribution in [0, 0.1) is 11.8 Å². The van der Waals surface area contributed by atoms with Crippen molar-refractivity contribution >= 4 is 52.9 Å². The molecular formula is C30H37Cl2N3O8. The molecule has 2 aromatic carbocycles. The molecule has 0 aliphatic heterocycles. The van der Waals surface area contributed by atoms with E-state index in [2.05, 4.69) is 16.0 Å². The third kappa shape index (κ3) is 11.4. The summed E-state index contributed by atoms with van der Waals surface area (Å²) < 4.78 is 10.6. The third-order valence-electron chi connectivity index (χ3n) is 6.18. The molecule has 0 bridgehead atoms. The topological polar surface area (TPSA) is 160 Å². The number of aliphatic carboxylic acids is 1. The number of carbonyl (C=O) groups is 5. The predicted molar refractivity (Wildman–Crippen MR) is 161 cm³/mol. The zero-order valence-corrected chi connectivity index (χ0v) is 26.1. The summed E-state index contributed by atoms with van der Waals surface area (Å²) in [5, 5.41) is 17.6. The molecule has 0 spiro atoms. The van der Waals surface area contributed by atoms with Gasteiger partial charge in [-0.15, -0.1) is 0 Å². The molecule has 0 radical (unpaired) electrons. The molecular weight excluding hydrogens is 601 g/mol. The number of nitrogens with one attached hydrogen (secondary N) is 3. The summed E-state index contributed by atoms with van der Waals surface area (Å²) in [4.78, 5) is 63.7. The first-order valence-corrected chi connectivity index (χ1v) is 14.4. The number of ether oxygens (including phenoxy) is 2. The van der Waals surface area contributed by atoms with Crippen molar-refractivity contribution in [1.29, 1.82) is 0 Å². The second kappa shape index (κ2) is 16.7. The van der Waals surface area contributed by atoms with E-state index in [1.807, 2.05) is 19.9 Å². The van der Waals surface area contributed by atoms with E-state index in [1.165, 1.54) is 25.1 Å². The quantitative estimate of drug-likeness (QED) is 0.209. The SMILES string of the molecule is CC(C)C[C@H](NC(=O)OCc1ccccc1)C(=O)N[C@H](C(=O)N[C@@H](C)C(=O)C(Oc1ccc(Cl)cc1Cl)C(=O)O)C(C)C. The van der Waals surface area contributed by atoms with E-state index in [-0.39, 0.29) is 34.7 Å². The first kappa shape index (κ1) is 35.4. The number of carboxylic acid groups (broad SMARTS) is 1. The minimum atomic E-state index is -1.98. The van der Waals surface area contributed by atoms with Crippen LogP contribution in [-0.2, 0) is 30.5 Å². The molecule has 43 heavy (non-hydrogen) atoms. The lowest BCUT2D eigenvalue weighted by Gasteiger charge is -2.27. The second-order valence-electron chi connectivity index (χ2n) is 10.7. The molecule has 1 unspecified atom stereocenters. The number of alkyl carbamates (subject to hydrolysis) is 1. The Labute approximate surface area is 260 Å². The summed E-state index contributed by atoms with van der Waals surface area (Å²) in [6, 6.07) is 9.66. The predicted octanol–water partition coefficient (Wildman–Crippen LogP) is 4.38. The number of halogens is 2. The highest BCUT2D eigenvalue weighted by Crippen LogP contribution is 2.28. The molecule has 234 valence electrons. The fraction of sp³-hybridized carbons (Fsp3) is 0.433. The van der Waals surface area contributed by atoms with Crippen LogP contribution in [0.5, 0.6) is 5.75 Å². The van der Waals surface area contributed by atoms with Crippen molar-refractivity contribution in [1.82, 2.24) is 16.0 Å². The first-order valence-electron chi connectivity index (χ1n) is 13.7. The van der Waals surface area contributed by atoms with E-state index >= 15 is 0 Å². The monoisotopic (exact) mass is 637 g/mol. The minimum absolute atomic E-state index is 0.000619. The summed E-state index contributed by atoms with van der Waals surface area (Å²) >= 11 is 11.9. The highest BCUT2D eigenvalue weighted by molar-refractivity contribution is 6.35. The highest BCUT2D eigenvalue weighted by atomic mass is 35.5. The maximum Gasteiger partial charge on any atom is 0.408 e. The molecule has 3 amide bonds. The van der Waals surface area contributed by atoms with Crippen molar-refractivity contribution < 1.29 is 38.6 Å². The van der Waals surface area contributed by atoms with Crippen molar-refractivity contribution in [3.8, 4) is 5.75 Å². The summed E-state index contributed by atoms with van der Waals surface area (Å²) in [6.07, 6.45) is -2.52. The van der Waals surface area contributed by atoms with Gasteiger partial charge in [-0.2, -0.15) is 0 Å². The van der Waals surface area contributed by atoms with Crippen LogP contribution in [0.2, 0.25) is 10.0 Å². The fourth-order valence-corrected chi connectivity index (χ4v) is 4.38. The van der Waals surface area contributed by atoms with Gasteiger partial charge in [0.1, 0.15) is 24.4 Å². The smallest absolute Gasteiger partial charge is 0.408 e. The summed E-state index contributed by atoms with van der Waals surface area (Å²) in [5.41, 5.74) is 0.773. The molecule has 0 aliphatic carbocycles. The van der Waals surface area contributed by atoms with Crippen LogP contribution in [-0.4, -0.2) is 59.0 Å². The van der Waals surface area contributed by atoms with E-state index in [4.69, 9.17) is 32.7 Å². The first-order chi connectivity index (χ1) is 20.2. The maximum absolute atomic E-state index is 13.2. The van der Waals surface area contributed by atoms with Gasteiger partial charge in [-0.1, -0.05) is 81.2 Å². The molecule has 0 heterocycles. The van der Waals surface area contributed by atoms with Gasteiger partial charge in [0.15, 0.2) is 0 Å². The molecule has 4 atom stereocenters. The van der Waals surface area contributed by atoms with Crippen molar-refractivity contribution in [3.63, 3.8) is 0 Å². The zero-order valence-electron chi connectivity index (χ0n) is 24.6. The van der Waals surface area contributed by atoms with Crippen LogP contribution in [0.3, 0.4) is 0 Å². The molecule has 0 aromatic heterocycles. The van der Waals surface area contributed by atoms with Crippen molar-refractivity contribution in [2.75, 3.05) is 0 Å². The van der Waals surface area contributed by atoms with Crippen LogP contribution in [0.15, 0.2) is 48.5 Å². The molecule has 0 saturated carbocycles. The Balaban J connectivity index is 2.08. The van der Waals surface area contributed by atoms with E-state index in [9.17, 15) is 29.1 Å². The van der Waals surface area contributed by atoms with Crippen molar-refractivity contribution in [3.05, 3.63) is 64.1 Å². The lowest BCUT2D eigenvalue weighted by atomic mass is 9.99. The van der Waals surface area contributed by atoms with E-state index in [0.29, 0.717) is 0 Å². The van der Waals surface area contributed by atoms with Crippen LogP contribution in [0.4, 0.5) is 4.79 Å². The number of benzene rings is 2. The molecule has 2 rings (SSSR count). The van der Waals surface area contributed by atoms with Crippen molar-refractivity contribution in [2.45, 2.75) is 71.9 Å². The Bertz CT molecular complexity index is 1290. The summed E-state index contributed by atoms with van der Waals surface area (Å²) in [6.45, 7) is 8.42. The van der Waals surface area contributed by atoms with E-state index in [0.717, 1.165) is 5.56 Å². The number of carboxylic acids is 1. The lowest BCUT2D eigenvalue weighted by Crippen LogP contribution is -2.58. The summed E-state index contributed by atoms with van der Waals surface area (Å²) in [7, 11) is 0. The molecule has 0 aliphatic rings.